The number of hydrogen-bond acceptors (Lipinski definition) is 11. The molecule has 5 rings (SSSR count). The SMILES string of the molecule is CC(=O)c1ccc(CNc2cc(N(C)C)c3c(c2O)C(=O)C2C(=O)[C@]4(O)C(=O)[C@H](C(N)=O)C(O)[C@@H](N(C)C)[C@@H]4C[C@@H]2C3)cc1. The summed E-state index contributed by atoms with van der Waals surface area (Å²) in [5, 5.41) is 37.4. The molecule has 2 fully saturated rings. The van der Waals surface area contributed by atoms with E-state index in [-0.39, 0.29) is 42.2 Å². The van der Waals surface area contributed by atoms with E-state index in [0.29, 0.717) is 16.8 Å². The van der Waals surface area contributed by atoms with E-state index in [2.05, 4.69) is 5.32 Å². The number of benzene rings is 2. The lowest BCUT2D eigenvalue weighted by Crippen LogP contribution is -2.75. The topological polar surface area (TPSA) is 191 Å². The van der Waals surface area contributed by atoms with E-state index in [1.807, 2.05) is 0 Å². The Labute approximate surface area is 254 Å². The van der Waals surface area contributed by atoms with Crippen molar-refractivity contribution in [2.45, 2.75) is 44.1 Å². The summed E-state index contributed by atoms with van der Waals surface area (Å²) in [5.41, 5.74) is 5.46. The molecule has 44 heavy (non-hydrogen) atoms. The lowest BCUT2D eigenvalue weighted by atomic mass is 9.52. The third-order valence-corrected chi connectivity index (χ3v) is 9.59. The van der Waals surface area contributed by atoms with Crippen LogP contribution in [0.3, 0.4) is 0 Å². The number of amides is 1. The molecule has 234 valence electrons. The Bertz CT molecular complexity index is 1570. The first-order chi connectivity index (χ1) is 20.6. The Kier molecular flexibility index (Phi) is 7.90. The Morgan fingerprint density at radius 2 is 1.70 bits per heavy atom. The molecule has 12 nitrogen and oxygen atoms in total. The minimum absolute atomic E-state index is 0.0408. The number of fused-ring (bicyclic) bond motifs is 3. The molecule has 0 bridgehead atoms. The van der Waals surface area contributed by atoms with Crippen LogP contribution in [0.5, 0.6) is 5.75 Å². The predicted molar refractivity (Wildman–Crippen MR) is 160 cm³/mol. The third-order valence-electron chi connectivity index (χ3n) is 9.59. The number of aliphatic hydroxyl groups excluding tert-OH is 1. The van der Waals surface area contributed by atoms with Crippen LogP contribution in [0.4, 0.5) is 11.4 Å². The van der Waals surface area contributed by atoms with Gasteiger partial charge in [-0.25, -0.2) is 0 Å². The van der Waals surface area contributed by atoms with Gasteiger partial charge in [-0.15, -0.1) is 0 Å². The second-order valence-corrected chi connectivity index (χ2v) is 12.6. The van der Waals surface area contributed by atoms with Crippen molar-refractivity contribution in [1.29, 1.82) is 0 Å². The van der Waals surface area contributed by atoms with Crippen molar-refractivity contribution in [1.82, 2.24) is 4.90 Å². The number of rotatable bonds is 7. The zero-order valence-corrected chi connectivity index (χ0v) is 25.3. The number of phenolic OH excluding ortho intramolecular Hbond substituents is 1. The van der Waals surface area contributed by atoms with Gasteiger partial charge in [0.15, 0.2) is 28.7 Å². The van der Waals surface area contributed by atoms with Crippen molar-refractivity contribution in [2.24, 2.45) is 29.4 Å². The average molecular weight is 607 g/mol. The van der Waals surface area contributed by atoms with Crippen LogP contribution < -0.4 is 16.0 Å². The maximum Gasteiger partial charge on any atom is 0.230 e. The van der Waals surface area contributed by atoms with Crippen LogP contribution >= 0.6 is 0 Å². The van der Waals surface area contributed by atoms with Crippen molar-refractivity contribution >= 4 is 40.4 Å². The highest BCUT2D eigenvalue weighted by molar-refractivity contribution is 6.26. The van der Waals surface area contributed by atoms with Gasteiger partial charge >= 0.3 is 0 Å². The zero-order chi connectivity index (χ0) is 32.4. The number of nitrogens with one attached hydrogen (secondary N) is 1. The molecule has 2 aromatic rings. The summed E-state index contributed by atoms with van der Waals surface area (Å²) >= 11 is 0. The largest absolute Gasteiger partial charge is 0.505 e. The van der Waals surface area contributed by atoms with Gasteiger partial charge in [-0.1, -0.05) is 24.3 Å². The third kappa shape index (κ3) is 4.68. The quantitative estimate of drug-likeness (QED) is 0.168. The van der Waals surface area contributed by atoms with Crippen molar-refractivity contribution < 1.29 is 39.3 Å². The molecule has 3 aliphatic carbocycles. The average Bonchev–Trinajstić information content (AvgIpc) is 2.94. The summed E-state index contributed by atoms with van der Waals surface area (Å²) < 4.78 is 0. The number of nitrogens with zero attached hydrogens (tertiary/aromatic N) is 2. The number of primary amides is 1. The molecule has 2 aromatic carbocycles. The maximum absolute atomic E-state index is 14.2. The summed E-state index contributed by atoms with van der Waals surface area (Å²) in [4.78, 5) is 69.0. The molecular weight excluding hydrogens is 568 g/mol. The van der Waals surface area contributed by atoms with E-state index in [4.69, 9.17) is 5.73 Å². The molecule has 6 N–H and O–H groups in total. The van der Waals surface area contributed by atoms with E-state index in [0.717, 1.165) is 5.56 Å². The molecule has 0 spiro atoms. The molecule has 3 aliphatic rings. The minimum Gasteiger partial charge on any atom is -0.505 e. The molecule has 0 heterocycles. The number of carbonyl (C=O) groups excluding carboxylic acids is 5. The molecule has 0 aromatic heterocycles. The molecule has 12 heteroatoms. The number of ketones is 4. The van der Waals surface area contributed by atoms with Crippen LogP contribution in [0.1, 0.15) is 45.2 Å². The highest BCUT2D eigenvalue weighted by Gasteiger charge is 2.69. The monoisotopic (exact) mass is 606 g/mol. The molecule has 0 radical (unpaired) electrons. The lowest BCUT2D eigenvalue weighted by molar-refractivity contribution is -0.190. The van der Waals surface area contributed by atoms with Crippen LogP contribution in [-0.4, -0.2) is 95.2 Å². The molecule has 2 unspecified atom stereocenters. The van der Waals surface area contributed by atoms with Gasteiger partial charge in [0, 0.05) is 43.9 Å². The van der Waals surface area contributed by atoms with E-state index in [1.54, 1.807) is 68.3 Å². The first kappa shape index (κ1) is 31.3. The van der Waals surface area contributed by atoms with Gasteiger partial charge in [-0.3, -0.25) is 24.0 Å². The van der Waals surface area contributed by atoms with Gasteiger partial charge in [-0.05, 0) is 57.0 Å². The summed E-state index contributed by atoms with van der Waals surface area (Å²) in [6, 6.07) is 7.71. The van der Waals surface area contributed by atoms with Gasteiger partial charge in [-0.2, -0.15) is 0 Å². The summed E-state index contributed by atoms with van der Waals surface area (Å²) in [6.45, 7) is 1.73. The van der Waals surface area contributed by atoms with Gasteiger partial charge in [0.2, 0.25) is 5.91 Å². The highest BCUT2D eigenvalue weighted by Crippen LogP contribution is 2.53. The van der Waals surface area contributed by atoms with E-state index >= 15 is 0 Å². The Morgan fingerprint density at radius 1 is 1.07 bits per heavy atom. The van der Waals surface area contributed by atoms with Gasteiger partial charge in [0.1, 0.15) is 11.7 Å². The minimum atomic E-state index is -2.72. The second kappa shape index (κ2) is 11.1. The molecule has 1 amide bonds. The van der Waals surface area contributed by atoms with E-state index in [9.17, 15) is 39.3 Å². The number of likely N-dealkylation sites (N-methyl/N-ethyl adjacent to an activating group) is 1. The fourth-order valence-corrected chi connectivity index (χ4v) is 7.46. The lowest BCUT2D eigenvalue weighted by Gasteiger charge is -2.55. The van der Waals surface area contributed by atoms with Crippen LogP contribution in [0.25, 0.3) is 0 Å². The summed E-state index contributed by atoms with van der Waals surface area (Å²) in [7, 11) is 6.80. The standard InChI is InChI=1S/C32H38N4O8/c1-14(37)16-8-6-15(7-9-16)13-34-20-12-21(35(2)3)18-10-17-11-19-25(36(4)5)28(40)24(31(33)43)30(42)32(19,44)29(41)22(17)27(39)23(18)26(20)38/h6-9,12,17,19,22,24-25,28,34,38,40,44H,10-11,13H2,1-5H3,(H2,33,43)/t17-,19-,22?,24+,25-,28?,32-/m0/s1. The Morgan fingerprint density at radius 3 is 2.25 bits per heavy atom. The number of hydrogen-bond donors (Lipinski definition) is 5. The fraction of sp³-hybridized carbons (Fsp3) is 0.469. The summed E-state index contributed by atoms with van der Waals surface area (Å²) in [6.07, 6.45) is -1.31. The first-order valence-electron chi connectivity index (χ1n) is 14.5. The fourth-order valence-electron chi connectivity index (χ4n) is 7.46. The number of aromatic hydroxyl groups is 1. The predicted octanol–water partition coefficient (Wildman–Crippen LogP) is 0.540. The number of phenols is 1. The molecule has 0 aliphatic heterocycles. The first-order valence-corrected chi connectivity index (χ1v) is 14.5. The number of Topliss-reactive ketones (excluding diaryl/α,β-unsaturated/α-hetero) is 4. The van der Waals surface area contributed by atoms with Crippen molar-refractivity contribution in [3.05, 3.63) is 52.6 Å². The van der Waals surface area contributed by atoms with Gasteiger partial charge < -0.3 is 36.2 Å². The number of aliphatic hydroxyl groups is 2. The van der Waals surface area contributed by atoms with E-state index < -0.39 is 64.7 Å². The van der Waals surface area contributed by atoms with Crippen molar-refractivity contribution in [3.8, 4) is 5.75 Å². The van der Waals surface area contributed by atoms with Gasteiger partial charge in [0.25, 0.3) is 0 Å². The Hall–Kier alpha value is -4.13. The number of nitrogens with two attached hydrogens (primary N) is 1. The van der Waals surface area contributed by atoms with Crippen LogP contribution in [0.2, 0.25) is 0 Å². The van der Waals surface area contributed by atoms with Crippen LogP contribution in [0, 0.1) is 23.7 Å². The Balaban J connectivity index is 1.56. The second-order valence-electron chi connectivity index (χ2n) is 12.6. The highest BCUT2D eigenvalue weighted by atomic mass is 16.3. The molecular formula is C32H38N4O8. The molecule has 7 atom stereocenters. The van der Waals surface area contributed by atoms with Crippen molar-refractivity contribution in [2.75, 3.05) is 38.4 Å². The van der Waals surface area contributed by atoms with Crippen LogP contribution in [-0.2, 0) is 27.3 Å². The van der Waals surface area contributed by atoms with E-state index in [1.165, 1.54) is 6.92 Å². The number of carbonyl (C=O) groups is 5. The smallest absolute Gasteiger partial charge is 0.230 e. The van der Waals surface area contributed by atoms with Gasteiger partial charge in [0.05, 0.1) is 23.3 Å². The van der Waals surface area contributed by atoms with Crippen molar-refractivity contribution in [3.63, 3.8) is 0 Å². The summed E-state index contributed by atoms with van der Waals surface area (Å²) in [5.74, 6) is -9.56. The normalized spacial score (nSPS) is 29.5. The molecule has 2 saturated carbocycles. The van der Waals surface area contributed by atoms with Crippen LogP contribution in [0.15, 0.2) is 30.3 Å². The number of anilines is 2. The zero-order valence-electron chi connectivity index (χ0n) is 25.3. The maximum atomic E-state index is 14.2. The molecule has 0 saturated heterocycles.